The van der Waals surface area contributed by atoms with E-state index in [1.165, 1.54) is 0 Å². The second-order valence-electron chi connectivity index (χ2n) is 9.62. The number of fused-ring (bicyclic) bond motifs is 5. The van der Waals surface area contributed by atoms with Gasteiger partial charge in [0.1, 0.15) is 0 Å². The summed E-state index contributed by atoms with van der Waals surface area (Å²) in [6.07, 6.45) is 8.39. The summed E-state index contributed by atoms with van der Waals surface area (Å²) in [7, 11) is 0. The average molecular weight is 385 g/mol. The summed E-state index contributed by atoms with van der Waals surface area (Å²) in [6, 6.07) is 0. The molecule has 0 amide bonds. The quantitative estimate of drug-likeness (QED) is 0.638. The van der Waals surface area contributed by atoms with E-state index in [4.69, 9.17) is 23.2 Å². The van der Waals surface area contributed by atoms with E-state index in [0.717, 1.165) is 44.1 Å². The standard InChI is InChI=1S/C21H30Cl2O2/c1-12(24)15-4-5-16-14-10-18(22)21(23)11-13(25)6-9-20(21,3)17(14)7-8-19(15,16)2/h4,13-14,16-18,25H,5-11H2,1-3H3/t13?,14-,16-,17-,18?,19+,20+,21?/m0/s1. The zero-order chi connectivity index (χ0) is 18.2. The molecule has 0 spiro atoms. The predicted molar refractivity (Wildman–Crippen MR) is 102 cm³/mol. The fourth-order valence-corrected chi connectivity index (χ4v) is 8.32. The Morgan fingerprint density at radius 1 is 1.24 bits per heavy atom. The summed E-state index contributed by atoms with van der Waals surface area (Å²) in [6.45, 7) is 6.34. The van der Waals surface area contributed by atoms with Gasteiger partial charge in [0.2, 0.25) is 0 Å². The maximum absolute atomic E-state index is 12.2. The molecular formula is C21H30Cl2O2. The van der Waals surface area contributed by atoms with Gasteiger partial charge in [-0.15, -0.1) is 23.2 Å². The molecule has 25 heavy (non-hydrogen) atoms. The van der Waals surface area contributed by atoms with Crippen molar-refractivity contribution in [2.45, 2.75) is 82.1 Å². The first-order chi connectivity index (χ1) is 11.6. The Hall–Kier alpha value is -0.0500. The molecule has 3 fully saturated rings. The molecule has 4 rings (SSSR count). The number of aliphatic hydroxyl groups excluding tert-OH is 1. The number of ketones is 1. The molecule has 0 heterocycles. The van der Waals surface area contributed by atoms with Crippen LogP contribution in [0.3, 0.4) is 0 Å². The molecule has 140 valence electrons. The topological polar surface area (TPSA) is 37.3 Å². The fourth-order valence-electron chi connectivity index (χ4n) is 7.28. The van der Waals surface area contributed by atoms with Crippen molar-refractivity contribution in [3.63, 3.8) is 0 Å². The van der Waals surface area contributed by atoms with Crippen molar-refractivity contribution in [3.8, 4) is 0 Å². The molecule has 0 radical (unpaired) electrons. The van der Waals surface area contributed by atoms with Crippen LogP contribution in [0, 0.1) is 28.6 Å². The molecule has 3 unspecified atom stereocenters. The van der Waals surface area contributed by atoms with E-state index in [1.54, 1.807) is 6.92 Å². The highest BCUT2D eigenvalue weighted by Crippen LogP contribution is 2.69. The smallest absolute Gasteiger partial charge is 0.156 e. The van der Waals surface area contributed by atoms with Gasteiger partial charge < -0.3 is 5.11 Å². The Morgan fingerprint density at radius 3 is 2.64 bits per heavy atom. The molecule has 4 aliphatic rings. The lowest BCUT2D eigenvalue weighted by Gasteiger charge is -2.65. The first-order valence-corrected chi connectivity index (χ1v) is 10.7. The summed E-state index contributed by atoms with van der Waals surface area (Å²) >= 11 is 14.1. The van der Waals surface area contributed by atoms with Gasteiger partial charge in [0.25, 0.3) is 0 Å². The number of hydrogen-bond donors (Lipinski definition) is 1. The van der Waals surface area contributed by atoms with Crippen LogP contribution in [-0.4, -0.2) is 27.2 Å². The number of carbonyl (C=O) groups excluding carboxylic acids is 1. The summed E-state index contributed by atoms with van der Waals surface area (Å²) in [5.74, 6) is 1.82. The van der Waals surface area contributed by atoms with Gasteiger partial charge in [0.05, 0.1) is 16.4 Å². The van der Waals surface area contributed by atoms with Crippen molar-refractivity contribution in [2.24, 2.45) is 28.6 Å². The molecule has 0 bridgehead atoms. The minimum absolute atomic E-state index is 0.0143. The van der Waals surface area contributed by atoms with Gasteiger partial charge in [-0.3, -0.25) is 4.79 Å². The average Bonchev–Trinajstić information content (AvgIpc) is 2.88. The monoisotopic (exact) mass is 384 g/mol. The highest BCUT2D eigenvalue weighted by Gasteiger charge is 2.66. The number of halogens is 2. The number of aliphatic hydroxyl groups is 1. The Labute approximate surface area is 161 Å². The molecule has 0 saturated heterocycles. The van der Waals surface area contributed by atoms with Crippen LogP contribution >= 0.6 is 23.2 Å². The van der Waals surface area contributed by atoms with E-state index in [9.17, 15) is 9.90 Å². The van der Waals surface area contributed by atoms with E-state index >= 15 is 0 Å². The van der Waals surface area contributed by atoms with Gasteiger partial charge in [-0.25, -0.2) is 0 Å². The van der Waals surface area contributed by atoms with Gasteiger partial charge in [0, 0.05) is 0 Å². The van der Waals surface area contributed by atoms with Crippen molar-refractivity contribution in [1.82, 2.24) is 0 Å². The second kappa shape index (κ2) is 5.72. The minimum atomic E-state index is -0.503. The molecule has 0 aromatic heterocycles. The van der Waals surface area contributed by atoms with E-state index in [0.29, 0.717) is 24.2 Å². The highest BCUT2D eigenvalue weighted by atomic mass is 35.5. The second-order valence-corrected chi connectivity index (χ2v) is 10.8. The van der Waals surface area contributed by atoms with Crippen molar-refractivity contribution in [2.75, 3.05) is 0 Å². The van der Waals surface area contributed by atoms with Crippen molar-refractivity contribution in [1.29, 1.82) is 0 Å². The Balaban J connectivity index is 1.70. The summed E-state index contributed by atoms with van der Waals surface area (Å²) in [5.41, 5.74) is 1.04. The van der Waals surface area contributed by atoms with Crippen LogP contribution in [0.2, 0.25) is 0 Å². The van der Waals surface area contributed by atoms with Crippen LogP contribution in [0.5, 0.6) is 0 Å². The third-order valence-corrected chi connectivity index (χ3v) is 10.2. The van der Waals surface area contributed by atoms with Crippen LogP contribution in [0.15, 0.2) is 11.6 Å². The maximum Gasteiger partial charge on any atom is 0.156 e. The number of Topliss-reactive ketones (excluding diaryl/α,β-unsaturated/α-hetero) is 1. The first kappa shape index (κ1) is 18.3. The summed E-state index contributed by atoms with van der Waals surface area (Å²) in [5, 5.41) is 10.1. The van der Waals surface area contributed by atoms with Gasteiger partial charge in [-0.1, -0.05) is 19.9 Å². The molecule has 0 aromatic carbocycles. The Bertz CT molecular complexity index is 631. The maximum atomic E-state index is 12.2. The molecule has 4 heteroatoms. The molecular weight excluding hydrogens is 355 g/mol. The number of rotatable bonds is 1. The van der Waals surface area contributed by atoms with E-state index in [1.807, 2.05) is 0 Å². The van der Waals surface area contributed by atoms with E-state index < -0.39 is 4.87 Å². The number of hydrogen-bond acceptors (Lipinski definition) is 2. The number of alkyl halides is 2. The lowest BCUT2D eigenvalue weighted by molar-refractivity contribution is -0.119. The van der Waals surface area contributed by atoms with Crippen LogP contribution in [0.4, 0.5) is 0 Å². The fraction of sp³-hybridized carbons (Fsp3) is 0.857. The molecule has 2 nitrogen and oxygen atoms in total. The van der Waals surface area contributed by atoms with Gasteiger partial charge in [-0.2, -0.15) is 0 Å². The first-order valence-electron chi connectivity index (χ1n) is 9.86. The lowest BCUT2D eigenvalue weighted by atomic mass is 9.44. The minimum Gasteiger partial charge on any atom is -0.393 e. The zero-order valence-corrected chi connectivity index (χ0v) is 17.0. The van der Waals surface area contributed by atoms with Crippen LogP contribution < -0.4 is 0 Å². The summed E-state index contributed by atoms with van der Waals surface area (Å²) < 4.78 is 0. The van der Waals surface area contributed by atoms with Crippen molar-refractivity contribution in [3.05, 3.63) is 11.6 Å². The number of carbonyl (C=O) groups is 1. The normalized spacial score (nSPS) is 55.0. The SMILES string of the molecule is CC(=O)C1=CC[C@H]2[C@@H]3CC(Cl)C4(Cl)CC(O)CC[C@]4(C)[C@H]3CC[C@]12C. The lowest BCUT2D eigenvalue weighted by Crippen LogP contribution is -2.64. The van der Waals surface area contributed by atoms with E-state index in [-0.39, 0.29) is 28.1 Å². The number of allylic oxidation sites excluding steroid dienone is 2. The molecule has 1 N–H and O–H groups in total. The molecule has 3 saturated carbocycles. The van der Waals surface area contributed by atoms with Crippen LogP contribution in [0.25, 0.3) is 0 Å². The third-order valence-electron chi connectivity index (χ3n) is 8.67. The van der Waals surface area contributed by atoms with Gasteiger partial charge in [0.15, 0.2) is 5.78 Å². The van der Waals surface area contributed by atoms with Gasteiger partial charge >= 0.3 is 0 Å². The van der Waals surface area contributed by atoms with Crippen LogP contribution in [-0.2, 0) is 4.79 Å². The predicted octanol–water partition coefficient (Wildman–Crippen LogP) is 5.09. The Morgan fingerprint density at radius 2 is 1.96 bits per heavy atom. The van der Waals surface area contributed by atoms with Gasteiger partial charge in [-0.05, 0) is 86.0 Å². The van der Waals surface area contributed by atoms with Crippen molar-refractivity contribution >= 4 is 29.0 Å². The molecule has 4 aliphatic carbocycles. The van der Waals surface area contributed by atoms with Crippen LogP contribution in [0.1, 0.15) is 65.7 Å². The summed E-state index contributed by atoms with van der Waals surface area (Å²) in [4.78, 5) is 11.7. The zero-order valence-electron chi connectivity index (χ0n) is 15.5. The van der Waals surface area contributed by atoms with Crippen molar-refractivity contribution < 1.29 is 9.90 Å². The largest absolute Gasteiger partial charge is 0.393 e. The molecule has 0 aromatic rings. The highest BCUT2D eigenvalue weighted by molar-refractivity contribution is 6.33. The molecule has 0 aliphatic heterocycles. The molecule has 8 atom stereocenters. The van der Waals surface area contributed by atoms with E-state index in [2.05, 4.69) is 19.9 Å². The third kappa shape index (κ3) is 2.29. The Kier molecular flexibility index (Phi) is 4.19.